The second kappa shape index (κ2) is 7.09. The molecule has 2 heterocycles. The first-order valence-corrected chi connectivity index (χ1v) is 7.00. The van der Waals surface area contributed by atoms with Crippen LogP contribution < -0.4 is 10.2 Å². The molecule has 110 valence electrons. The molecule has 1 aromatic heterocycles. The molecule has 0 aliphatic carbocycles. The first-order valence-electron chi connectivity index (χ1n) is 7.00. The van der Waals surface area contributed by atoms with Crippen LogP contribution in [0.15, 0.2) is 18.3 Å². The van der Waals surface area contributed by atoms with Gasteiger partial charge in [0.15, 0.2) is 0 Å². The number of nitrogens with zero attached hydrogens (tertiary/aromatic N) is 3. The Bertz CT molecular complexity index is 427. The summed E-state index contributed by atoms with van der Waals surface area (Å²) in [5.41, 5.74) is 1.17. The van der Waals surface area contributed by atoms with Crippen LogP contribution in [-0.2, 0) is 11.3 Å². The Balaban J connectivity index is 1.88. The molecule has 2 rings (SSSR count). The molecule has 1 aromatic rings. The summed E-state index contributed by atoms with van der Waals surface area (Å²) in [6.45, 7) is 6.01. The van der Waals surface area contributed by atoms with Gasteiger partial charge in [0.2, 0.25) is 0 Å². The van der Waals surface area contributed by atoms with Gasteiger partial charge in [0.1, 0.15) is 5.82 Å². The van der Waals surface area contributed by atoms with Crippen LogP contribution in [0.5, 0.6) is 0 Å². The van der Waals surface area contributed by atoms with Crippen molar-refractivity contribution >= 4 is 11.9 Å². The van der Waals surface area contributed by atoms with Crippen LogP contribution in [-0.4, -0.2) is 55.8 Å². The Kier molecular flexibility index (Phi) is 5.17. The van der Waals surface area contributed by atoms with E-state index in [1.165, 1.54) is 5.56 Å². The summed E-state index contributed by atoms with van der Waals surface area (Å²) < 4.78 is 5.01. The molecule has 1 N–H and O–H groups in total. The van der Waals surface area contributed by atoms with Gasteiger partial charge in [0, 0.05) is 38.9 Å². The van der Waals surface area contributed by atoms with Crippen LogP contribution in [0, 0.1) is 0 Å². The molecular weight excluding hydrogens is 256 g/mol. The first kappa shape index (κ1) is 14.6. The van der Waals surface area contributed by atoms with Crippen molar-refractivity contribution in [3.8, 4) is 0 Å². The van der Waals surface area contributed by atoms with E-state index in [0.29, 0.717) is 19.7 Å². The number of hydrogen-bond donors (Lipinski definition) is 1. The zero-order valence-electron chi connectivity index (χ0n) is 12.1. The minimum Gasteiger partial charge on any atom is -0.450 e. The van der Waals surface area contributed by atoms with Crippen LogP contribution in [0.1, 0.15) is 12.5 Å². The maximum Gasteiger partial charge on any atom is 0.409 e. The van der Waals surface area contributed by atoms with Gasteiger partial charge in [0.25, 0.3) is 0 Å². The smallest absolute Gasteiger partial charge is 0.409 e. The maximum atomic E-state index is 11.6. The van der Waals surface area contributed by atoms with Gasteiger partial charge in [-0.1, -0.05) is 6.07 Å². The molecule has 0 aromatic carbocycles. The summed E-state index contributed by atoms with van der Waals surface area (Å²) in [5, 5.41) is 3.10. The Morgan fingerprint density at radius 2 is 2.10 bits per heavy atom. The minimum absolute atomic E-state index is 0.218. The predicted octanol–water partition coefficient (Wildman–Crippen LogP) is 1.08. The molecule has 20 heavy (non-hydrogen) atoms. The SMILES string of the molecule is CCOC(=O)N1CCN(c2ccc(CNC)cn2)CC1. The van der Waals surface area contributed by atoms with Crippen LogP contribution in [0.3, 0.4) is 0 Å². The summed E-state index contributed by atoms with van der Waals surface area (Å²) in [7, 11) is 1.92. The van der Waals surface area contributed by atoms with Crippen LogP contribution >= 0.6 is 0 Å². The quantitative estimate of drug-likeness (QED) is 0.893. The number of anilines is 1. The third-order valence-corrected chi connectivity index (χ3v) is 3.32. The van der Waals surface area contributed by atoms with Crippen molar-refractivity contribution in [3.05, 3.63) is 23.9 Å². The minimum atomic E-state index is -0.218. The van der Waals surface area contributed by atoms with E-state index in [1.54, 1.807) is 4.90 Å². The van der Waals surface area contributed by atoms with Crippen LogP contribution in [0.4, 0.5) is 10.6 Å². The number of carbonyl (C=O) groups is 1. The van der Waals surface area contributed by atoms with E-state index < -0.39 is 0 Å². The third kappa shape index (κ3) is 3.60. The number of pyridine rings is 1. The number of hydrogen-bond acceptors (Lipinski definition) is 5. The summed E-state index contributed by atoms with van der Waals surface area (Å²) in [6.07, 6.45) is 1.67. The van der Waals surface area contributed by atoms with E-state index in [4.69, 9.17) is 4.74 Å². The number of aromatic nitrogens is 1. The zero-order valence-corrected chi connectivity index (χ0v) is 12.1. The molecule has 1 aliphatic rings. The Morgan fingerprint density at radius 3 is 2.65 bits per heavy atom. The number of ether oxygens (including phenoxy) is 1. The van der Waals surface area contributed by atoms with Crippen molar-refractivity contribution in [2.24, 2.45) is 0 Å². The molecular formula is C14H22N4O2. The van der Waals surface area contributed by atoms with Gasteiger partial charge in [-0.2, -0.15) is 0 Å². The second-order valence-corrected chi connectivity index (χ2v) is 4.73. The fourth-order valence-corrected chi connectivity index (χ4v) is 2.25. The standard InChI is InChI=1S/C14H22N4O2/c1-3-20-14(19)18-8-6-17(7-9-18)13-5-4-12(10-15-2)11-16-13/h4-5,11,15H,3,6-10H2,1-2H3. The normalized spacial score (nSPS) is 15.3. The van der Waals surface area contributed by atoms with E-state index in [2.05, 4.69) is 21.3 Å². The average Bonchev–Trinajstić information content (AvgIpc) is 2.49. The van der Waals surface area contributed by atoms with Gasteiger partial charge in [-0.15, -0.1) is 0 Å². The van der Waals surface area contributed by atoms with Gasteiger partial charge >= 0.3 is 6.09 Å². The molecule has 6 nitrogen and oxygen atoms in total. The van der Waals surface area contributed by atoms with Gasteiger partial charge < -0.3 is 19.9 Å². The van der Waals surface area contributed by atoms with Crippen LogP contribution in [0.25, 0.3) is 0 Å². The summed E-state index contributed by atoms with van der Waals surface area (Å²) in [5.74, 6) is 0.966. The molecule has 0 spiro atoms. The molecule has 1 amide bonds. The number of nitrogens with one attached hydrogen (secondary N) is 1. The number of piperazine rings is 1. The highest BCUT2D eigenvalue weighted by Gasteiger charge is 2.22. The number of amides is 1. The van der Waals surface area contributed by atoms with Crippen molar-refractivity contribution in [2.45, 2.75) is 13.5 Å². The molecule has 0 unspecified atom stereocenters. The molecule has 0 bridgehead atoms. The molecule has 1 saturated heterocycles. The highest BCUT2D eigenvalue weighted by molar-refractivity contribution is 5.68. The zero-order chi connectivity index (χ0) is 14.4. The lowest BCUT2D eigenvalue weighted by atomic mass is 10.2. The highest BCUT2D eigenvalue weighted by Crippen LogP contribution is 2.14. The lowest BCUT2D eigenvalue weighted by Crippen LogP contribution is -2.49. The van der Waals surface area contributed by atoms with E-state index in [-0.39, 0.29) is 6.09 Å². The largest absolute Gasteiger partial charge is 0.450 e. The third-order valence-electron chi connectivity index (χ3n) is 3.32. The lowest BCUT2D eigenvalue weighted by molar-refractivity contribution is 0.105. The monoisotopic (exact) mass is 278 g/mol. The fourth-order valence-electron chi connectivity index (χ4n) is 2.25. The molecule has 1 fully saturated rings. The van der Waals surface area contributed by atoms with E-state index >= 15 is 0 Å². The number of carbonyl (C=O) groups excluding carboxylic acids is 1. The summed E-state index contributed by atoms with van der Waals surface area (Å²) in [4.78, 5) is 20.0. The maximum absolute atomic E-state index is 11.6. The van der Waals surface area contributed by atoms with E-state index in [9.17, 15) is 4.79 Å². The number of rotatable bonds is 4. The van der Waals surface area contributed by atoms with Crippen molar-refractivity contribution in [3.63, 3.8) is 0 Å². The van der Waals surface area contributed by atoms with Crippen molar-refractivity contribution in [1.82, 2.24) is 15.2 Å². The molecule has 6 heteroatoms. The van der Waals surface area contributed by atoms with E-state index in [1.807, 2.05) is 26.2 Å². The Morgan fingerprint density at radius 1 is 1.35 bits per heavy atom. The lowest BCUT2D eigenvalue weighted by Gasteiger charge is -2.34. The van der Waals surface area contributed by atoms with Crippen molar-refractivity contribution < 1.29 is 9.53 Å². The first-order chi connectivity index (χ1) is 9.74. The second-order valence-electron chi connectivity index (χ2n) is 4.73. The van der Waals surface area contributed by atoms with Crippen LogP contribution in [0.2, 0.25) is 0 Å². The van der Waals surface area contributed by atoms with Gasteiger partial charge in [-0.25, -0.2) is 9.78 Å². The van der Waals surface area contributed by atoms with Gasteiger partial charge in [0.05, 0.1) is 6.61 Å². The predicted molar refractivity (Wildman–Crippen MR) is 77.8 cm³/mol. The molecule has 0 atom stereocenters. The topological polar surface area (TPSA) is 57.7 Å². The summed E-state index contributed by atoms with van der Waals surface area (Å²) in [6, 6.07) is 4.11. The van der Waals surface area contributed by atoms with Gasteiger partial charge in [-0.05, 0) is 25.6 Å². The fraction of sp³-hybridized carbons (Fsp3) is 0.571. The Labute approximate surface area is 119 Å². The molecule has 0 saturated carbocycles. The van der Waals surface area contributed by atoms with Crippen molar-refractivity contribution in [2.75, 3.05) is 44.7 Å². The summed E-state index contributed by atoms with van der Waals surface area (Å²) >= 11 is 0. The Hall–Kier alpha value is -1.82. The van der Waals surface area contributed by atoms with E-state index in [0.717, 1.165) is 25.5 Å². The van der Waals surface area contributed by atoms with Gasteiger partial charge in [-0.3, -0.25) is 0 Å². The average molecular weight is 278 g/mol. The molecule has 0 radical (unpaired) electrons. The highest BCUT2D eigenvalue weighted by atomic mass is 16.6. The molecule has 1 aliphatic heterocycles. The van der Waals surface area contributed by atoms with Crippen molar-refractivity contribution in [1.29, 1.82) is 0 Å².